The summed E-state index contributed by atoms with van der Waals surface area (Å²) in [5.74, 6) is 0.341. The molecule has 3 unspecified atom stereocenters. The highest BCUT2D eigenvalue weighted by Crippen LogP contribution is 2.33. The molecular formula is C14H24N2O3. The second-order valence-electron chi connectivity index (χ2n) is 5.99. The fraction of sp³-hybridized carbons (Fsp3) is 0.929. The average molecular weight is 268 g/mol. The second-order valence-corrected chi connectivity index (χ2v) is 5.99. The molecule has 3 aliphatic rings. The summed E-state index contributed by atoms with van der Waals surface area (Å²) in [5.41, 5.74) is 0. The van der Waals surface area contributed by atoms with Crippen molar-refractivity contribution in [1.82, 2.24) is 10.2 Å². The first kappa shape index (κ1) is 13.3. The maximum atomic E-state index is 11.7. The third kappa shape index (κ3) is 3.09. The Morgan fingerprint density at radius 3 is 3.05 bits per heavy atom. The number of carbonyl (C=O) groups is 1. The molecule has 108 valence electrons. The summed E-state index contributed by atoms with van der Waals surface area (Å²) in [7, 11) is 1.46. The van der Waals surface area contributed by atoms with Crippen LogP contribution in [0.15, 0.2) is 0 Å². The van der Waals surface area contributed by atoms with Crippen molar-refractivity contribution in [2.75, 3.05) is 33.4 Å². The van der Waals surface area contributed by atoms with Crippen LogP contribution in [-0.2, 0) is 14.3 Å². The van der Waals surface area contributed by atoms with E-state index in [9.17, 15) is 4.79 Å². The van der Waals surface area contributed by atoms with Crippen LogP contribution >= 0.6 is 0 Å². The number of nitrogens with one attached hydrogen (secondary N) is 1. The number of nitrogens with zero attached hydrogens (tertiary/aromatic N) is 1. The van der Waals surface area contributed by atoms with Crippen molar-refractivity contribution in [2.45, 2.75) is 43.9 Å². The Balaban J connectivity index is 1.47. The van der Waals surface area contributed by atoms with Crippen molar-refractivity contribution in [1.29, 1.82) is 0 Å². The van der Waals surface area contributed by atoms with Crippen LogP contribution in [-0.4, -0.2) is 62.4 Å². The van der Waals surface area contributed by atoms with Gasteiger partial charge in [-0.2, -0.15) is 0 Å². The lowest BCUT2D eigenvalue weighted by Gasteiger charge is -2.35. The molecule has 0 radical (unpaired) electrons. The predicted molar refractivity (Wildman–Crippen MR) is 70.9 cm³/mol. The van der Waals surface area contributed by atoms with Gasteiger partial charge in [-0.3, -0.25) is 9.69 Å². The fourth-order valence-corrected chi connectivity index (χ4v) is 3.27. The van der Waals surface area contributed by atoms with E-state index in [1.807, 2.05) is 0 Å². The molecule has 2 aliphatic heterocycles. The lowest BCUT2D eigenvalue weighted by molar-refractivity contribution is -0.144. The normalized spacial score (nSPS) is 32.9. The Kier molecular flexibility index (Phi) is 4.05. The number of fused-ring (bicyclic) bond motifs is 1. The van der Waals surface area contributed by atoms with Crippen LogP contribution in [0.25, 0.3) is 0 Å². The molecule has 2 saturated heterocycles. The molecular weight excluding hydrogens is 244 g/mol. The molecule has 3 rings (SSSR count). The van der Waals surface area contributed by atoms with Gasteiger partial charge in [0.1, 0.15) is 6.04 Å². The molecule has 0 bridgehead atoms. The monoisotopic (exact) mass is 268 g/mol. The zero-order chi connectivity index (χ0) is 13.2. The second kappa shape index (κ2) is 5.77. The van der Waals surface area contributed by atoms with Gasteiger partial charge in [-0.25, -0.2) is 0 Å². The molecule has 1 saturated carbocycles. The highest BCUT2D eigenvalue weighted by atomic mass is 16.5. The van der Waals surface area contributed by atoms with E-state index in [0.717, 1.165) is 32.5 Å². The molecule has 19 heavy (non-hydrogen) atoms. The van der Waals surface area contributed by atoms with Crippen LogP contribution in [0.3, 0.4) is 0 Å². The Labute approximate surface area is 114 Å². The summed E-state index contributed by atoms with van der Waals surface area (Å²) in [6.45, 7) is 3.79. The van der Waals surface area contributed by atoms with E-state index >= 15 is 0 Å². The minimum absolute atomic E-state index is 0.127. The van der Waals surface area contributed by atoms with Crippen molar-refractivity contribution in [3.63, 3.8) is 0 Å². The average Bonchev–Trinajstić information content (AvgIpc) is 3.16. The number of methoxy groups -OCH3 is 1. The predicted octanol–water partition coefficient (Wildman–Crippen LogP) is 0.391. The first-order chi connectivity index (χ1) is 9.28. The molecule has 0 aromatic rings. The van der Waals surface area contributed by atoms with Crippen LogP contribution in [0.5, 0.6) is 0 Å². The van der Waals surface area contributed by atoms with E-state index in [2.05, 4.69) is 10.2 Å². The molecule has 1 N–H and O–H groups in total. The number of rotatable bonds is 5. The van der Waals surface area contributed by atoms with E-state index in [4.69, 9.17) is 9.47 Å². The van der Waals surface area contributed by atoms with E-state index in [0.29, 0.717) is 12.0 Å². The van der Waals surface area contributed by atoms with E-state index < -0.39 is 0 Å². The van der Waals surface area contributed by atoms with Crippen LogP contribution in [0.1, 0.15) is 25.7 Å². The highest BCUT2D eigenvalue weighted by molar-refractivity contribution is 5.76. The summed E-state index contributed by atoms with van der Waals surface area (Å²) >= 11 is 0. The number of esters is 1. The number of carbonyl (C=O) groups excluding carboxylic acids is 1. The van der Waals surface area contributed by atoms with Crippen LogP contribution < -0.4 is 5.32 Å². The van der Waals surface area contributed by atoms with Crippen molar-refractivity contribution >= 4 is 5.97 Å². The Morgan fingerprint density at radius 1 is 1.47 bits per heavy atom. The van der Waals surface area contributed by atoms with Gasteiger partial charge >= 0.3 is 5.97 Å². The van der Waals surface area contributed by atoms with Crippen LogP contribution in [0.2, 0.25) is 0 Å². The largest absolute Gasteiger partial charge is 0.468 e. The molecule has 0 aromatic carbocycles. The SMILES string of the molecule is COC(=O)C(NCC1CN2CCCC2CO1)C1CC1. The van der Waals surface area contributed by atoms with Gasteiger partial charge in [-0.05, 0) is 38.1 Å². The number of hydrogen-bond acceptors (Lipinski definition) is 5. The highest BCUT2D eigenvalue weighted by Gasteiger charge is 2.38. The van der Waals surface area contributed by atoms with Crippen molar-refractivity contribution in [3.05, 3.63) is 0 Å². The van der Waals surface area contributed by atoms with Gasteiger partial charge in [0, 0.05) is 19.1 Å². The van der Waals surface area contributed by atoms with Gasteiger partial charge in [0.25, 0.3) is 0 Å². The molecule has 0 aromatic heterocycles. The molecule has 3 fully saturated rings. The Hall–Kier alpha value is -0.650. The van der Waals surface area contributed by atoms with Crippen LogP contribution in [0, 0.1) is 5.92 Å². The quantitative estimate of drug-likeness (QED) is 0.731. The smallest absolute Gasteiger partial charge is 0.323 e. The maximum Gasteiger partial charge on any atom is 0.323 e. The molecule has 3 atom stereocenters. The number of ether oxygens (including phenoxy) is 2. The van der Waals surface area contributed by atoms with Gasteiger partial charge in [0.2, 0.25) is 0 Å². The zero-order valence-electron chi connectivity index (χ0n) is 11.6. The molecule has 5 heteroatoms. The van der Waals surface area contributed by atoms with Crippen LogP contribution in [0.4, 0.5) is 0 Å². The maximum absolute atomic E-state index is 11.7. The first-order valence-corrected chi connectivity index (χ1v) is 7.45. The van der Waals surface area contributed by atoms with Crippen molar-refractivity contribution in [3.8, 4) is 0 Å². The van der Waals surface area contributed by atoms with Gasteiger partial charge in [-0.15, -0.1) is 0 Å². The van der Waals surface area contributed by atoms with Crippen molar-refractivity contribution < 1.29 is 14.3 Å². The minimum atomic E-state index is -0.134. The van der Waals surface area contributed by atoms with E-state index in [-0.39, 0.29) is 18.1 Å². The fourth-order valence-electron chi connectivity index (χ4n) is 3.27. The molecule has 0 spiro atoms. The van der Waals surface area contributed by atoms with E-state index in [1.165, 1.54) is 26.5 Å². The van der Waals surface area contributed by atoms with E-state index in [1.54, 1.807) is 0 Å². The zero-order valence-corrected chi connectivity index (χ0v) is 11.6. The van der Waals surface area contributed by atoms with Crippen molar-refractivity contribution in [2.24, 2.45) is 5.92 Å². The third-order valence-electron chi connectivity index (χ3n) is 4.58. The lowest BCUT2D eigenvalue weighted by Crippen LogP contribution is -2.52. The Bertz CT molecular complexity index is 333. The summed E-state index contributed by atoms with van der Waals surface area (Å²) in [6, 6.07) is 0.501. The molecule has 0 amide bonds. The number of morpholine rings is 1. The minimum Gasteiger partial charge on any atom is -0.468 e. The van der Waals surface area contributed by atoms with Gasteiger partial charge in [0.15, 0.2) is 0 Å². The molecule has 1 aliphatic carbocycles. The third-order valence-corrected chi connectivity index (χ3v) is 4.58. The standard InChI is InChI=1S/C14H24N2O3/c1-18-14(17)13(10-4-5-10)15-7-12-8-16-6-2-3-11(16)9-19-12/h10-13,15H,2-9H2,1H3. The summed E-state index contributed by atoms with van der Waals surface area (Å²) < 4.78 is 10.8. The summed E-state index contributed by atoms with van der Waals surface area (Å²) in [6.07, 6.45) is 5.03. The summed E-state index contributed by atoms with van der Waals surface area (Å²) in [4.78, 5) is 14.2. The molecule has 5 nitrogen and oxygen atoms in total. The summed E-state index contributed by atoms with van der Waals surface area (Å²) in [5, 5.41) is 3.36. The first-order valence-electron chi connectivity index (χ1n) is 7.45. The number of hydrogen-bond donors (Lipinski definition) is 1. The van der Waals surface area contributed by atoms with Gasteiger partial charge in [0.05, 0.1) is 19.8 Å². The topological polar surface area (TPSA) is 50.8 Å². The van der Waals surface area contributed by atoms with Gasteiger partial charge in [-0.1, -0.05) is 0 Å². The lowest BCUT2D eigenvalue weighted by atomic mass is 10.1. The molecule has 2 heterocycles. The van der Waals surface area contributed by atoms with Gasteiger partial charge < -0.3 is 14.8 Å². The Morgan fingerprint density at radius 2 is 2.32 bits per heavy atom.